The molecule has 0 aromatic heterocycles. The highest BCUT2D eigenvalue weighted by atomic mass is 16.5. The van der Waals surface area contributed by atoms with Crippen molar-refractivity contribution in [3.63, 3.8) is 0 Å². The first-order chi connectivity index (χ1) is 12.2. The zero-order valence-corrected chi connectivity index (χ0v) is 14.1. The first-order valence-corrected chi connectivity index (χ1v) is 8.21. The second-order valence-electron chi connectivity index (χ2n) is 5.81. The first-order valence-electron chi connectivity index (χ1n) is 8.21. The Morgan fingerprint density at radius 2 is 1.56 bits per heavy atom. The molecule has 2 aromatic carbocycles. The minimum Gasteiger partial charge on any atom is -0.465 e. The van der Waals surface area contributed by atoms with Gasteiger partial charge in [0.25, 0.3) is 0 Å². The van der Waals surface area contributed by atoms with Gasteiger partial charge >= 0.3 is 12.0 Å². The molecule has 1 aliphatic rings. The van der Waals surface area contributed by atoms with Crippen molar-refractivity contribution in [1.82, 2.24) is 4.90 Å². The predicted octanol–water partition coefficient (Wildman–Crippen LogP) is 2.83. The Hall–Kier alpha value is -3.02. The number of hydrogen-bond donors (Lipinski definition) is 1. The SMILES string of the molecule is COC(=O)c1ccc(NC(=O)N2CCN(c3ccccc3)CC2)cc1. The van der Waals surface area contributed by atoms with Gasteiger partial charge in [0.1, 0.15) is 0 Å². The summed E-state index contributed by atoms with van der Waals surface area (Å²) in [7, 11) is 1.34. The quantitative estimate of drug-likeness (QED) is 0.874. The lowest BCUT2D eigenvalue weighted by atomic mass is 10.2. The van der Waals surface area contributed by atoms with Crippen molar-refractivity contribution < 1.29 is 14.3 Å². The molecule has 0 aliphatic carbocycles. The van der Waals surface area contributed by atoms with Gasteiger partial charge in [0.05, 0.1) is 12.7 Å². The van der Waals surface area contributed by atoms with Crippen LogP contribution in [0.3, 0.4) is 0 Å². The van der Waals surface area contributed by atoms with Gasteiger partial charge in [0, 0.05) is 37.6 Å². The van der Waals surface area contributed by atoms with Crippen LogP contribution in [0, 0.1) is 0 Å². The van der Waals surface area contributed by atoms with Crippen LogP contribution in [0.5, 0.6) is 0 Å². The van der Waals surface area contributed by atoms with Gasteiger partial charge in [-0.1, -0.05) is 18.2 Å². The van der Waals surface area contributed by atoms with Crippen LogP contribution in [-0.4, -0.2) is 50.2 Å². The number of piperazine rings is 1. The van der Waals surface area contributed by atoms with E-state index in [9.17, 15) is 9.59 Å². The van der Waals surface area contributed by atoms with Crippen LogP contribution < -0.4 is 10.2 Å². The van der Waals surface area contributed by atoms with Gasteiger partial charge in [0.2, 0.25) is 0 Å². The molecule has 1 heterocycles. The lowest BCUT2D eigenvalue weighted by Gasteiger charge is -2.36. The molecule has 6 heteroatoms. The molecule has 3 rings (SSSR count). The molecule has 25 heavy (non-hydrogen) atoms. The Labute approximate surface area is 147 Å². The second kappa shape index (κ2) is 7.70. The molecule has 1 N–H and O–H groups in total. The molecule has 0 atom stereocenters. The predicted molar refractivity (Wildman–Crippen MR) is 97.0 cm³/mol. The highest BCUT2D eigenvalue weighted by molar-refractivity contribution is 5.92. The first kappa shape index (κ1) is 16.8. The second-order valence-corrected chi connectivity index (χ2v) is 5.81. The molecule has 0 saturated carbocycles. The number of carbonyl (C=O) groups is 2. The largest absolute Gasteiger partial charge is 0.465 e. The van der Waals surface area contributed by atoms with E-state index < -0.39 is 5.97 Å². The third-order valence-electron chi connectivity index (χ3n) is 4.25. The fourth-order valence-electron chi connectivity index (χ4n) is 2.82. The summed E-state index contributed by atoms with van der Waals surface area (Å²) in [5.41, 5.74) is 2.29. The average molecular weight is 339 g/mol. The maximum atomic E-state index is 12.4. The number of methoxy groups -OCH3 is 1. The lowest BCUT2D eigenvalue weighted by Crippen LogP contribution is -2.50. The van der Waals surface area contributed by atoms with Gasteiger partial charge in [0.15, 0.2) is 0 Å². The maximum absolute atomic E-state index is 12.4. The molecule has 6 nitrogen and oxygen atoms in total. The number of amides is 2. The summed E-state index contributed by atoms with van der Waals surface area (Å²) < 4.78 is 4.66. The summed E-state index contributed by atoms with van der Waals surface area (Å²) in [5, 5.41) is 2.87. The van der Waals surface area contributed by atoms with Crippen LogP contribution in [0.2, 0.25) is 0 Å². The number of para-hydroxylation sites is 1. The summed E-state index contributed by atoms with van der Waals surface area (Å²) in [4.78, 5) is 27.9. The molecule has 0 bridgehead atoms. The van der Waals surface area contributed by atoms with Crippen molar-refractivity contribution in [3.8, 4) is 0 Å². The van der Waals surface area contributed by atoms with Gasteiger partial charge in [-0.15, -0.1) is 0 Å². The summed E-state index contributed by atoms with van der Waals surface area (Å²) in [6, 6.07) is 16.7. The topological polar surface area (TPSA) is 61.9 Å². The number of ether oxygens (including phenoxy) is 1. The van der Waals surface area contributed by atoms with Crippen LogP contribution in [0.1, 0.15) is 10.4 Å². The van der Waals surface area contributed by atoms with Crippen molar-refractivity contribution in [1.29, 1.82) is 0 Å². The van der Waals surface area contributed by atoms with Gasteiger partial charge in [-0.25, -0.2) is 9.59 Å². The van der Waals surface area contributed by atoms with Crippen LogP contribution in [0.25, 0.3) is 0 Å². The van der Waals surface area contributed by atoms with Crippen molar-refractivity contribution in [3.05, 3.63) is 60.2 Å². The van der Waals surface area contributed by atoms with E-state index in [2.05, 4.69) is 27.1 Å². The highest BCUT2D eigenvalue weighted by Gasteiger charge is 2.21. The molecule has 2 amide bonds. The Balaban J connectivity index is 1.53. The summed E-state index contributed by atoms with van der Waals surface area (Å²) in [6.45, 7) is 2.94. The number of benzene rings is 2. The van der Waals surface area contributed by atoms with E-state index in [0.29, 0.717) is 24.3 Å². The van der Waals surface area contributed by atoms with Crippen molar-refractivity contribution in [2.75, 3.05) is 43.5 Å². The third kappa shape index (κ3) is 4.09. The Morgan fingerprint density at radius 1 is 0.920 bits per heavy atom. The van der Waals surface area contributed by atoms with E-state index in [1.807, 2.05) is 18.2 Å². The van der Waals surface area contributed by atoms with E-state index in [-0.39, 0.29) is 6.03 Å². The lowest BCUT2D eigenvalue weighted by molar-refractivity contribution is 0.0601. The van der Waals surface area contributed by atoms with Crippen LogP contribution in [0.15, 0.2) is 54.6 Å². The van der Waals surface area contributed by atoms with Gasteiger partial charge < -0.3 is 19.9 Å². The Bertz CT molecular complexity index is 723. The van der Waals surface area contributed by atoms with Crippen molar-refractivity contribution >= 4 is 23.4 Å². The number of esters is 1. The minimum atomic E-state index is -0.394. The molecule has 1 saturated heterocycles. The van der Waals surface area contributed by atoms with Gasteiger partial charge in [-0.3, -0.25) is 0 Å². The zero-order chi connectivity index (χ0) is 17.6. The number of urea groups is 1. The molecular formula is C19H21N3O3. The number of hydrogen-bond acceptors (Lipinski definition) is 4. The number of rotatable bonds is 3. The molecule has 1 aliphatic heterocycles. The molecule has 0 spiro atoms. The third-order valence-corrected chi connectivity index (χ3v) is 4.25. The summed E-state index contributed by atoms with van der Waals surface area (Å²) in [6.07, 6.45) is 0. The van der Waals surface area contributed by atoms with E-state index >= 15 is 0 Å². The molecule has 0 radical (unpaired) electrons. The fourth-order valence-corrected chi connectivity index (χ4v) is 2.82. The maximum Gasteiger partial charge on any atom is 0.337 e. The summed E-state index contributed by atoms with van der Waals surface area (Å²) in [5.74, 6) is -0.394. The fraction of sp³-hybridized carbons (Fsp3) is 0.263. The molecule has 0 unspecified atom stereocenters. The number of carbonyl (C=O) groups excluding carboxylic acids is 2. The monoisotopic (exact) mass is 339 g/mol. The number of nitrogens with one attached hydrogen (secondary N) is 1. The highest BCUT2D eigenvalue weighted by Crippen LogP contribution is 2.16. The van der Waals surface area contributed by atoms with Crippen LogP contribution in [-0.2, 0) is 4.74 Å². The molecule has 1 fully saturated rings. The minimum absolute atomic E-state index is 0.126. The van der Waals surface area contributed by atoms with Crippen LogP contribution in [0.4, 0.5) is 16.2 Å². The normalized spacial score (nSPS) is 14.1. The number of anilines is 2. The van der Waals surface area contributed by atoms with E-state index in [4.69, 9.17) is 0 Å². The number of nitrogens with zero attached hydrogens (tertiary/aromatic N) is 2. The average Bonchev–Trinajstić information content (AvgIpc) is 2.68. The zero-order valence-electron chi connectivity index (χ0n) is 14.1. The van der Waals surface area contributed by atoms with Gasteiger partial charge in [-0.05, 0) is 36.4 Å². The van der Waals surface area contributed by atoms with Crippen molar-refractivity contribution in [2.24, 2.45) is 0 Å². The van der Waals surface area contributed by atoms with E-state index in [0.717, 1.165) is 13.1 Å². The smallest absolute Gasteiger partial charge is 0.337 e. The Kier molecular flexibility index (Phi) is 5.18. The molecular weight excluding hydrogens is 318 g/mol. The molecule has 130 valence electrons. The standard InChI is InChI=1S/C19H21N3O3/c1-25-18(23)15-7-9-16(10-8-15)20-19(24)22-13-11-21(12-14-22)17-5-3-2-4-6-17/h2-10H,11-14H2,1H3,(H,20,24). The van der Waals surface area contributed by atoms with Crippen LogP contribution >= 0.6 is 0 Å². The van der Waals surface area contributed by atoms with Crippen molar-refractivity contribution in [2.45, 2.75) is 0 Å². The Morgan fingerprint density at radius 3 is 2.16 bits per heavy atom. The van der Waals surface area contributed by atoms with Gasteiger partial charge in [-0.2, -0.15) is 0 Å². The van der Waals surface area contributed by atoms with E-state index in [1.54, 1.807) is 29.2 Å². The molecule has 2 aromatic rings. The summed E-state index contributed by atoms with van der Waals surface area (Å²) >= 11 is 0. The van der Waals surface area contributed by atoms with E-state index in [1.165, 1.54) is 12.8 Å².